The summed E-state index contributed by atoms with van der Waals surface area (Å²) in [6.45, 7) is 0. The summed E-state index contributed by atoms with van der Waals surface area (Å²) < 4.78 is 9.72. The maximum Gasteiger partial charge on any atom is 0.180 e. The fraction of sp³-hybridized carbons (Fsp3) is 0.333. The highest BCUT2D eigenvalue weighted by atomic mass is 16.6. The number of benzene rings is 1. The third kappa shape index (κ3) is 1.96. The highest BCUT2D eigenvalue weighted by Crippen LogP contribution is 2.18. The lowest BCUT2D eigenvalue weighted by atomic mass is 10.2. The molecule has 1 N–H and O–H groups in total. The van der Waals surface area contributed by atoms with Crippen molar-refractivity contribution in [3.63, 3.8) is 0 Å². The molecule has 0 saturated carbocycles. The molecule has 66 valence electrons. The van der Waals surface area contributed by atoms with Crippen LogP contribution >= 0.6 is 0 Å². The second-order valence-corrected chi connectivity index (χ2v) is 2.36. The third-order valence-corrected chi connectivity index (χ3v) is 1.60. The molecule has 1 aromatic carbocycles. The number of ether oxygens (including phenoxy) is 2. The van der Waals surface area contributed by atoms with Crippen molar-refractivity contribution in [2.75, 3.05) is 14.2 Å². The average Bonchev–Trinajstić information content (AvgIpc) is 2.17. The van der Waals surface area contributed by atoms with E-state index >= 15 is 0 Å². The van der Waals surface area contributed by atoms with Crippen LogP contribution in [0.1, 0.15) is 11.9 Å². The number of methoxy groups -OCH3 is 2. The number of aliphatic hydroxyl groups excluding tert-OH is 1. The quantitative estimate of drug-likeness (QED) is 0.692. The molecule has 0 aliphatic heterocycles. The first-order chi connectivity index (χ1) is 5.77. The Kier molecular flexibility index (Phi) is 3.08. The van der Waals surface area contributed by atoms with Gasteiger partial charge in [-0.3, -0.25) is 0 Å². The van der Waals surface area contributed by atoms with Gasteiger partial charge in [0.2, 0.25) is 0 Å². The van der Waals surface area contributed by atoms with E-state index in [1.54, 1.807) is 25.3 Å². The van der Waals surface area contributed by atoms with E-state index in [1.807, 2.05) is 6.07 Å². The van der Waals surface area contributed by atoms with Crippen molar-refractivity contribution in [3.8, 4) is 5.75 Å². The maximum absolute atomic E-state index is 9.27. The van der Waals surface area contributed by atoms with Gasteiger partial charge in [0.25, 0.3) is 0 Å². The van der Waals surface area contributed by atoms with E-state index in [-0.39, 0.29) is 0 Å². The second kappa shape index (κ2) is 4.09. The van der Waals surface area contributed by atoms with Crippen LogP contribution in [0.3, 0.4) is 0 Å². The molecular formula is C9H12O3. The molecule has 0 bridgehead atoms. The smallest absolute Gasteiger partial charge is 0.180 e. The van der Waals surface area contributed by atoms with Crippen molar-refractivity contribution < 1.29 is 14.6 Å². The summed E-state index contributed by atoms with van der Waals surface area (Å²) in [5.41, 5.74) is 0.692. The van der Waals surface area contributed by atoms with Gasteiger partial charge in [0.15, 0.2) is 6.29 Å². The zero-order chi connectivity index (χ0) is 8.97. The van der Waals surface area contributed by atoms with Crippen LogP contribution in [0.15, 0.2) is 24.3 Å². The molecular weight excluding hydrogens is 156 g/mol. The summed E-state index contributed by atoms with van der Waals surface area (Å²) in [5.74, 6) is 0.712. The monoisotopic (exact) mass is 168 g/mol. The van der Waals surface area contributed by atoms with E-state index in [0.717, 1.165) is 0 Å². The Balaban J connectivity index is 2.86. The second-order valence-electron chi connectivity index (χ2n) is 2.36. The van der Waals surface area contributed by atoms with Crippen LogP contribution in [0.2, 0.25) is 0 Å². The first-order valence-electron chi connectivity index (χ1n) is 3.62. The molecule has 0 saturated heterocycles. The largest absolute Gasteiger partial charge is 0.497 e. The lowest BCUT2D eigenvalue weighted by Gasteiger charge is -2.09. The van der Waals surface area contributed by atoms with E-state index in [9.17, 15) is 5.11 Å². The van der Waals surface area contributed by atoms with Crippen molar-refractivity contribution in [1.29, 1.82) is 0 Å². The van der Waals surface area contributed by atoms with Crippen LogP contribution < -0.4 is 4.74 Å². The normalized spacial score (nSPS) is 12.6. The Hall–Kier alpha value is -1.06. The molecule has 0 amide bonds. The molecule has 0 radical (unpaired) electrons. The van der Waals surface area contributed by atoms with Gasteiger partial charge < -0.3 is 14.6 Å². The van der Waals surface area contributed by atoms with Crippen LogP contribution in [-0.2, 0) is 4.74 Å². The highest BCUT2D eigenvalue weighted by molar-refractivity contribution is 5.28. The SMILES string of the molecule is COc1cccc(C(O)OC)c1. The van der Waals surface area contributed by atoms with Gasteiger partial charge in [-0.1, -0.05) is 12.1 Å². The van der Waals surface area contributed by atoms with Crippen LogP contribution in [0.25, 0.3) is 0 Å². The summed E-state index contributed by atoms with van der Waals surface area (Å²) in [7, 11) is 3.03. The van der Waals surface area contributed by atoms with E-state index in [4.69, 9.17) is 9.47 Å². The number of aliphatic hydroxyl groups is 1. The Labute approximate surface area is 71.5 Å². The first-order valence-corrected chi connectivity index (χ1v) is 3.62. The van der Waals surface area contributed by atoms with E-state index in [0.29, 0.717) is 11.3 Å². The number of rotatable bonds is 3. The molecule has 0 fully saturated rings. The standard InChI is InChI=1S/C9H12O3/c1-11-8-5-3-4-7(6-8)9(10)12-2/h3-6,9-10H,1-2H3. The number of hydrogen-bond acceptors (Lipinski definition) is 3. The van der Waals surface area contributed by atoms with E-state index in [2.05, 4.69) is 0 Å². The third-order valence-electron chi connectivity index (χ3n) is 1.60. The predicted molar refractivity (Wildman–Crippen MR) is 45.0 cm³/mol. The Morgan fingerprint density at radius 3 is 2.67 bits per heavy atom. The predicted octanol–water partition coefficient (Wildman–Crippen LogP) is 1.33. The van der Waals surface area contributed by atoms with Gasteiger partial charge in [0, 0.05) is 12.7 Å². The van der Waals surface area contributed by atoms with Crippen molar-refractivity contribution >= 4 is 0 Å². The van der Waals surface area contributed by atoms with Gasteiger partial charge in [-0.25, -0.2) is 0 Å². The molecule has 3 nitrogen and oxygen atoms in total. The minimum atomic E-state index is -0.875. The Morgan fingerprint density at radius 2 is 2.08 bits per heavy atom. The Morgan fingerprint density at radius 1 is 1.33 bits per heavy atom. The zero-order valence-electron chi connectivity index (χ0n) is 7.15. The molecule has 0 aromatic heterocycles. The molecule has 12 heavy (non-hydrogen) atoms. The lowest BCUT2D eigenvalue weighted by Crippen LogP contribution is -1.99. The fourth-order valence-electron chi connectivity index (χ4n) is 0.931. The first kappa shape index (κ1) is 9.03. The molecule has 0 aliphatic rings. The van der Waals surface area contributed by atoms with Crippen molar-refractivity contribution in [2.45, 2.75) is 6.29 Å². The van der Waals surface area contributed by atoms with Gasteiger partial charge in [0.05, 0.1) is 7.11 Å². The molecule has 0 aliphatic carbocycles. The van der Waals surface area contributed by atoms with Gasteiger partial charge in [-0.2, -0.15) is 0 Å². The van der Waals surface area contributed by atoms with Crippen molar-refractivity contribution in [1.82, 2.24) is 0 Å². The average molecular weight is 168 g/mol. The Bertz CT molecular complexity index is 247. The van der Waals surface area contributed by atoms with Gasteiger partial charge in [0.1, 0.15) is 5.75 Å². The zero-order valence-corrected chi connectivity index (χ0v) is 7.15. The molecule has 1 atom stereocenters. The summed E-state index contributed by atoms with van der Waals surface area (Å²) in [5, 5.41) is 9.27. The summed E-state index contributed by atoms with van der Waals surface area (Å²) >= 11 is 0. The molecule has 1 rings (SSSR count). The summed E-state index contributed by atoms with van der Waals surface area (Å²) in [4.78, 5) is 0. The molecule has 1 unspecified atom stereocenters. The van der Waals surface area contributed by atoms with E-state index in [1.165, 1.54) is 7.11 Å². The van der Waals surface area contributed by atoms with Crippen LogP contribution in [-0.4, -0.2) is 19.3 Å². The van der Waals surface area contributed by atoms with Crippen LogP contribution in [0, 0.1) is 0 Å². The minimum absolute atomic E-state index is 0.692. The van der Waals surface area contributed by atoms with Gasteiger partial charge in [-0.05, 0) is 12.1 Å². The van der Waals surface area contributed by atoms with Gasteiger partial charge >= 0.3 is 0 Å². The summed E-state index contributed by atoms with van der Waals surface area (Å²) in [6, 6.07) is 7.12. The molecule has 0 heterocycles. The van der Waals surface area contributed by atoms with Crippen molar-refractivity contribution in [3.05, 3.63) is 29.8 Å². The maximum atomic E-state index is 9.27. The summed E-state index contributed by atoms with van der Waals surface area (Å²) in [6.07, 6.45) is -0.875. The van der Waals surface area contributed by atoms with Crippen LogP contribution in [0.4, 0.5) is 0 Å². The van der Waals surface area contributed by atoms with E-state index < -0.39 is 6.29 Å². The number of hydrogen-bond donors (Lipinski definition) is 1. The topological polar surface area (TPSA) is 38.7 Å². The fourth-order valence-corrected chi connectivity index (χ4v) is 0.931. The molecule has 3 heteroatoms. The molecule has 1 aromatic rings. The van der Waals surface area contributed by atoms with Crippen molar-refractivity contribution in [2.24, 2.45) is 0 Å². The molecule has 0 spiro atoms. The lowest BCUT2D eigenvalue weighted by molar-refractivity contribution is -0.0770. The van der Waals surface area contributed by atoms with Crippen LogP contribution in [0.5, 0.6) is 5.75 Å². The minimum Gasteiger partial charge on any atom is -0.497 e. The highest BCUT2D eigenvalue weighted by Gasteiger charge is 2.05. The van der Waals surface area contributed by atoms with Gasteiger partial charge in [-0.15, -0.1) is 0 Å².